The summed E-state index contributed by atoms with van der Waals surface area (Å²) in [6.45, 7) is 5.23. The standard InChI is InChI=1S/C25H34N6O/c1-18-27-23(16-24(28-18)30(2)3)22(15-19-17-26-21-10-5-4-9-20(19)21)29-25(32)11-8-14-31-12-6-7-13-31/h4-5,9-10,16-17,22,26H,6-8,11-15H2,1-3H3,(H,29,32). The van der Waals surface area contributed by atoms with E-state index < -0.39 is 0 Å². The quantitative estimate of drug-likeness (QED) is 0.538. The monoisotopic (exact) mass is 434 g/mol. The largest absolute Gasteiger partial charge is 0.363 e. The number of carbonyl (C=O) groups excluding carboxylic acids is 1. The lowest BCUT2D eigenvalue weighted by atomic mass is 10.0. The maximum absolute atomic E-state index is 12.9. The van der Waals surface area contributed by atoms with Crippen molar-refractivity contribution < 1.29 is 4.79 Å². The Kier molecular flexibility index (Phi) is 7.05. The van der Waals surface area contributed by atoms with E-state index in [1.54, 1.807) is 0 Å². The van der Waals surface area contributed by atoms with Crippen molar-refractivity contribution in [3.8, 4) is 0 Å². The number of fused-ring (bicyclic) bond motifs is 1. The lowest BCUT2D eigenvalue weighted by molar-refractivity contribution is -0.122. The van der Waals surface area contributed by atoms with E-state index in [1.165, 1.54) is 36.9 Å². The van der Waals surface area contributed by atoms with Gasteiger partial charge in [-0.25, -0.2) is 9.97 Å². The van der Waals surface area contributed by atoms with Crippen molar-refractivity contribution in [2.45, 2.75) is 45.1 Å². The van der Waals surface area contributed by atoms with Gasteiger partial charge in [-0.2, -0.15) is 0 Å². The maximum Gasteiger partial charge on any atom is 0.220 e. The van der Waals surface area contributed by atoms with Crippen molar-refractivity contribution in [2.75, 3.05) is 38.6 Å². The molecule has 4 rings (SSSR count). The third-order valence-corrected chi connectivity index (χ3v) is 6.17. The molecule has 1 aliphatic rings. The Bertz CT molecular complexity index is 1050. The Morgan fingerprint density at radius 2 is 2.00 bits per heavy atom. The Labute approximate surface area is 190 Å². The highest BCUT2D eigenvalue weighted by atomic mass is 16.1. The van der Waals surface area contributed by atoms with Crippen LogP contribution in [0.3, 0.4) is 0 Å². The minimum absolute atomic E-state index is 0.0803. The fourth-order valence-electron chi connectivity index (χ4n) is 4.47. The van der Waals surface area contributed by atoms with Crippen molar-refractivity contribution in [3.05, 3.63) is 53.6 Å². The van der Waals surface area contributed by atoms with Crippen molar-refractivity contribution in [2.24, 2.45) is 0 Å². The molecule has 170 valence electrons. The summed E-state index contributed by atoms with van der Waals surface area (Å²) in [6, 6.07) is 10.0. The van der Waals surface area contributed by atoms with Crippen LogP contribution in [0.4, 0.5) is 5.82 Å². The van der Waals surface area contributed by atoms with E-state index >= 15 is 0 Å². The molecule has 32 heavy (non-hydrogen) atoms. The molecule has 3 aromatic rings. The molecule has 1 atom stereocenters. The van der Waals surface area contributed by atoms with E-state index in [0.717, 1.165) is 30.0 Å². The van der Waals surface area contributed by atoms with Crippen LogP contribution in [0.1, 0.15) is 48.8 Å². The fourth-order valence-corrected chi connectivity index (χ4v) is 4.47. The van der Waals surface area contributed by atoms with Gasteiger partial charge >= 0.3 is 0 Å². The van der Waals surface area contributed by atoms with E-state index in [2.05, 4.69) is 32.3 Å². The van der Waals surface area contributed by atoms with Crippen LogP contribution in [0.2, 0.25) is 0 Å². The van der Waals surface area contributed by atoms with Gasteiger partial charge in [0.1, 0.15) is 11.6 Å². The molecule has 0 aliphatic carbocycles. The lowest BCUT2D eigenvalue weighted by Crippen LogP contribution is -2.32. The average Bonchev–Trinajstić information content (AvgIpc) is 3.43. The first-order valence-electron chi connectivity index (χ1n) is 11.6. The van der Waals surface area contributed by atoms with Gasteiger partial charge in [-0.3, -0.25) is 4.79 Å². The normalized spacial score (nSPS) is 15.2. The van der Waals surface area contributed by atoms with Crippen LogP contribution in [0.25, 0.3) is 10.9 Å². The summed E-state index contributed by atoms with van der Waals surface area (Å²) in [7, 11) is 3.94. The van der Waals surface area contributed by atoms with E-state index in [4.69, 9.17) is 4.98 Å². The number of benzene rings is 1. The number of para-hydroxylation sites is 1. The number of anilines is 1. The molecule has 3 heterocycles. The first kappa shape index (κ1) is 22.3. The zero-order valence-corrected chi connectivity index (χ0v) is 19.4. The third-order valence-electron chi connectivity index (χ3n) is 6.17. The second-order valence-electron chi connectivity index (χ2n) is 8.93. The number of likely N-dealkylation sites (tertiary alicyclic amines) is 1. The molecule has 1 saturated heterocycles. The van der Waals surface area contributed by atoms with Crippen molar-refractivity contribution in [1.82, 2.24) is 25.2 Å². The lowest BCUT2D eigenvalue weighted by Gasteiger charge is -2.21. The van der Waals surface area contributed by atoms with Crippen molar-refractivity contribution >= 4 is 22.6 Å². The summed E-state index contributed by atoms with van der Waals surface area (Å²) >= 11 is 0. The molecule has 1 aliphatic heterocycles. The molecule has 7 nitrogen and oxygen atoms in total. The first-order chi connectivity index (χ1) is 15.5. The topological polar surface area (TPSA) is 77.2 Å². The van der Waals surface area contributed by atoms with Crippen LogP contribution >= 0.6 is 0 Å². The van der Waals surface area contributed by atoms with Crippen LogP contribution in [-0.4, -0.2) is 59.5 Å². The van der Waals surface area contributed by atoms with Crippen LogP contribution in [-0.2, 0) is 11.2 Å². The number of amides is 1. The molecule has 0 spiro atoms. The summed E-state index contributed by atoms with van der Waals surface area (Å²) < 4.78 is 0. The summed E-state index contributed by atoms with van der Waals surface area (Å²) in [4.78, 5) is 29.9. The Morgan fingerprint density at radius 1 is 1.22 bits per heavy atom. The van der Waals surface area contributed by atoms with Gasteiger partial charge in [0.05, 0.1) is 11.7 Å². The molecular weight excluding hydrogens is 400 g/mol. The number of H-pyrrole nitrogens is 1. The number of rotatable bonds is 9. The van der Waals surface area contributed by atoms with E-state index in [0.29, 0.717) is 18.7 Å². The number of nitrogens with one attached hydrogen (secondary N) is 2. The Morgan fingerprint density at radius 3 is 2.78 bits per heavy atom. The summed E-state index contributed by atoms with van der Waals surface area (Å²) in [5.74, 6) is 1.63. The number of nitrogens with zero attached hydrogens (tertiary/aromatic N) is 4. The molecular formula is C25H34N6O. The zero-order valence-electron chi connectivity index (χ0n) is 19.4. The molecule has 1 aromatic carbocycles. The highest BCUT2D eigenvalue weighted by Crippen LogP contribution is 2.25. The second kappa shape index (κ2) is 10.1. The van der Waals surface area contributed by atoms with E-state index in [-0.39, 0.29) is 11.9 Å². The molecule has 1 unspecified atom stereocenters. The first-order valence-corrected chi connectivity index (χ1v) is 11.6. The maximum atomic E-state index is 12.9. The van der Waals surface area contributed by atoms with Crippen LogP contribution in [0.5, 0.6) is 0 Å². The predicted molar refractivity (Wildman–Crippen MR) is 129 cm³/mol. The van der Waals surface area contributed by atoms with Crippen LogP contribution in [0.15, 0.2) is 36.5 Å². The molecule has 2 N–H and O–H groups in total. The smallest absolute Gasteiger partial charge is 0.220 e. The number of hydrogen-bond donors (Lipinski definition) is 2. The predicted octanol–water partition coefficient (Wildman–Crippen LogP) is 3.61. The third kappa shape index (κ3) is 5.46. The van der Waals surface area contributed by atoms with Crippen LogP contribution in [0, 0.1) is 6.92 Å². The van der Waals surface area contributed by atoms with Crippen molar-refractivity contribution in [1.29, 1.82) is 0 Å². The molecule has 1 fully saturated rings. The second-order valence-corrected chi connectivity index (χ2v) is 8.93. The van der Waals surface area contributed by atoms with Gasteiger partial charge in [0.25, 0.3) is 0 Å². The van der Waals surface area contributed by atoms with Gasteiger partial charge in [0, 0.05) is 50.1 Å². The van der Waals surface area contributed by atoms with Gasteiger partial charge in [0.2, 0.25) is 5.91 Å². The van der Waals surface area contributed by atoms with Gasteiger partial charge in [-0.15, -0.1) is 0 Å². The van der Waals surface area contributed by atoms with Crippen molar-refractivity contribution in [3.63, 3.8) is 0 Å². The molecule has 7 heteroatoms. The van der Waals surface area contributed by atoms with Gasteiger partial charge in [-0.05, 0) is 57.5 Å². The van der Waals surface area contributed by atoms with Crippen LogP contribution < -0.4 is 10.2 Å². The molecule has 1 amide bonds. The fraction of sp³-hybridized carbons (Fsp3) is 0.480. The molecule has 0 saturated carbocycles. The summed E-state index contributed by atoms with van der Waals surface area (Å²) in [5, 5.41) is 4.45. The minimum Gasteiger partial charge on any atom is -0.363 e. The summed E-state index contributed by atoms with van der Waals surface area (Å²) in [5.41, 5.74) is 3.12. The highest BCUT2D eigenvalue weighted by molar-refractivity contribution is 5.83. The minimum atomic E-state index is -0.214. The van der Waals surface area contributed by atoms with Gasteiger partial charge < -0.3 is 20.1 Å². The SMILES string of the molecule is Cc1nc(C(Cc2c[nH]c3ccccc23)NC(=O)CCCN2CCCC2)cc(N(C)C)n1. The zero-order chi connectivity index (χ0) is 22.5. The number of aromatic amines is 1. The number of hydrogen-bond acceptors (Lipinski definition) is 5. The highest BCUT2D eigenvalue weighted by Gasteiger charge is 2.21. The number of carbonyl (C=O) groups is 1. The Balaban J connectivity index is 1.53. The molecule has 0 radical (unpaired) electrons. The number of aryl methyl sites for hydroxylation is 1. The van der Waals surface area contributed by atoms with E-state index in [9.17, 15) is 4.79 Å². The van der Waals surface area contributed by atoms with Gasteiger partial charge in [-0.1, -0.05) is 18.2 Å². The summed E-state index contributed by atoms with van der Waals surface area (Å²) in [6.07, 6.45) is 6.69. The van der Waals surface area contributed by atoms with E-state index in [1.807, 2.05) is 50.3 Å². The number of aromatic nitrogens is 3. The average molecular weight is 435 g/mol. The van der Waals surface area contributed by atoms with Gasteiger partial charge in [0.15, 0.2) is 0 Å². The molecule has 0 bridgehead atoms. The Hall–Kier alpha value is -2.93. The molecule has 2 aromatic heterocycles.